The van der Waals surface area contributed by atoms with Crippen LogP contribution in [0, 0.1) is 0 Å². The van der Waals surface area contributed by atoms with Gasteiger partial charge in [-0.3, -0.25) is 0 Å². The highest BCUT2D eigenvalue weighted by Crippen LogP contribution is 2.51. The monoisotopic (exact) mass is 320 g/mol. The van der Waals surface area contributed by atoms with Gasteiger partial charge in [-0.1, -0.05) is 45.9 Å². The molecule has 0 atom stereocenters. The zero-order valence-electron chi connectivity index (χ0n) is 15.6. The summed E-state index contributed by atoms with van der Waals surface area (Å²) in [5, 5.41) is 0. The number of hydrogen-bond donors (Lipinski definition) is 0. The standard InChI is InChI=1S/C22H28N2/c1-21(2)11-12-22(3,4)18-14-20-19(13-17(18)21)23(5)15-24(20)16-9-7-6-8-10-16/h6-10,13-14H,11-12,15H2,1-5H3. The molecule has 0 fully saturated rings. The van der Waals surface area contributed by atoms with Gasteiger partial charge in [0.15, 0.2) is 0 Å². The van der Waals surface area contributed by atoms with E-state index >= 15 is 0 Å². The molecule has 0 saturated heterocycles. The molecule has 0 saturated carbocycles. The van der Waals surface area contributed by atoms with Crippen molar-refractivity contribution in [1.29, 1.82) is 0 Å². The Balaban J connectivity index is 1.91. The molecule has 126 valence electrons. The smallest absolute Gasteiger partial charge is 0.0950 e. The Bertz CT molecular complexity index is 774. The number of benzene rings is 2. The summed E-state index contributed by atoms with van der Waals surface area (Å²) in [6.07, 6.45) is 2.52. The molecule has 0 spiro atoms. The van der Waals surface area contributed by atoms with Crippen LogP contribution in [-0.2, 0) is 10.8 Å². The van der Waals surface area contributed by atoms with Gasteiger partial charge >= 0.3 is 0 Å². The molecule has 1 heterocycles. The average Bonchev–Trinajstić information content (AvgIpc) is 2.89. The summed E-state index contributed by atoms with van der Waals surface area (Å²) in [5.74, 6) is 0. The molecule has 2 aliphatic rings. The quantitative estimate of drug-likeness (QED) is 0.676. The van der Waals surface area contributed by atoms with Gasteiger partial charge < -0.3 is 9.80 Å². The summed E-state index contributed by atoms with van der Waals surface area (Å²) in [4.78, 5) is 4.81. The Morgan fingerprint density at radius 3 is 1.92 bits per heavy atom. The zero-order valence-corrected chi connectivity index (χ0v) is 15.6. The minimum absolute atomic E-state index is 0.253. The predicted octanol–water partition coefficient (Wildman–Crippen LogP) is 5.58. The van der Waals surface area contributed by atoms with E-state index in [0.29, 0.717) is 0 Å². The van der Waals surface area contributed by atoms with Gasteiger partial charge in [0.1, 0.15) is 0 Å². The highest BCUT2D eigenvalue weighted by molar-refractivity contribution is 5.84. The minimum atomic E-state index is 0.253. The fraction of sp³-hybridized carbons (Fsp3) is 0.455. The van der Waals surface area contributed by atoms with Crippen LogP contribution in [0.15, 0.2) is 42.5 Å². The van der Waals surface area contributed by atoms with Crippen LogP contribution >= 0.6 is 0 Å². The lowest BCUT2D eigenvalue weighted by Gasteiger charge is -2.42. The number of nitrogens with zero attached hydrogens (tertiary/aromatic N) is 2. The largest absolute Gasteiger partial charge is 0.355 e. The summed E-state index contributed by atoms with van der Waals surface area (Å²) < 4.78 is 0. The van der Waals surface area contributed by atoms with Crippen LogP contribution in [0.1, 0.15) is 51.7 Å². The van der Waals surface area contributed by atoms with Gasteiger partial charge in [-0.15, -0.1) is 0 Å². The van der Waals surface area contributed by atoms with Gasteiger partial charge in [-0.25, -0.2) is 0 Å². The Labute approximate surface area is 146 Å². The lowest BCUT2D eigenvalue weighted by atomic mass is 9.63. The Kier molecular flexibility index (Phi) is 3.25. The highest BCUT2D eigenvalue weighted by Gasteiger charge is 2.39. The second-order valence-electron chi connectivity index (χ2n) is 8.76. The van der Waals surface area contributed by atoms with E-state index in [-0.39, 0.29) is 10.8 Å². The molecule has 0 N–H and O–H groups in total. The van der Waals surface area contributed by atoms with Gasteiger partial charge in [0.25, 0.3) is 0 Å². The maximum Gasteiger partial charge on any atom is 0.0950 e. The molecule has 4 rings (SSSR count). The lowest BCUT2D eigenvalue weighted by Crippen LogP contribution is -2.34. The third kappa shape index (κ3) is 2.23. The molecule has 1 aliphatic heterocycles. The van der Waals surface area contributed by atoms with Gasteiger partial charge in [-0.2, -0.15) is 0 Å². The number of rotatable bonds is 1. The van der Waals surface area contributed by atoms with Crippen molar-refractivity contribution in [3.63, 3.8) is 0 Å². The summed E-state index contributed by atoms with van der Waals surface area (Å²) in [6, 6.07) is 15.7. The molecule has 24 heavy (non-hydrogen) atoms. The molecule has 0 unspecified atom stereocenters. The van der Waals surface area contributed by atoms with E-state index in [1.165, 1.54) is 35.5 Å². The number of para-hydroxylation sites is 1. The van der Waals surface area contributed by atoms with E-state index in [1.807, 2.05) is 0 Å². The van der Waals surface area contributed by atoms with Crippen molar-refractivity contribution in [1.82, 2.24) is 0 Å². The van der Waals surface area contributed by atoms with E-state index in [0.717, 1.165) is 6.67 Å². The first kappa shape index (κ1) is 15.6. The molecule has 0 aromatic heterocycles. The van der Waals surface area contributed by atoms with Crippen LogP contribution in [0.25, 0.3) is 0 Å². The topological polar surface area (TPSA) is 6.48 Å². The second-order valence-corrected chi connectivity index (χ2v) is 8.76. The van der Waals surface area contributed by atoms with Crippen molar-refractivity contribution in [2.75, 3.05) is 23.5 Å². The van der Waals surface area contributed by atoms with E-state index in [4.69, 9.17) is 0 Å². The van der Waals surface area contributed by atoms with Gasteiger partial charge in [0.2, 0.25) is 0 Å². The Morgan fingerprint density at radius 1 is 0.792 bits per heavy atom. The van der Waals surface area contributed by atoms with Gasteiger partial charge in [0.05, 0.1) is 18.0 Å². The van der Waals surface area contributed by atoms with Crippen LogP contribution < -0.4 is 9.80 Å². The van der Waals surface area contributed by atoms with E-state index < -0.39 is 0 Å². The molecule has 2 nitrogen and oxygen atoms in total. The molecule has 0 amide bonds. The van der Waals surface area contributed by atoms with Crippen molar-refractivity contribution >= 4 is 17.1 Å². The number of anilines is 3. The molecule has 1 aliphatic carbocycles. The van der Waals surface area contributed by atoms with Crippen LogP contribution in [0.4, 0.5) is 17.1 Å². The number of hydrogen-bond acceptors (Lipinski definition) is 2. The zero-order chi connectivity index (χ0) is 17.1. The van der Waals surface area contributed by atoms with Crippen LogP contribution in [0.5, 0.6) is 0 Å². The summed E-state index contributed by atoms with van der Waals surface area (Å²) in [7, 11) is 2.20. The molecule has 2 heteroatoms. The maximum absolute atomic E-state index is 2.47. The first-order chi connectivity index (χ1) is 11.3. The fourth-order valence-electron chi connectivity index (χ4n) is 4.31. The van der Waals surface area contributed by atoms with Crippen LogP contribution in [-0.4, -0.2) is 13.7 Å². The van der Waals surface area contributed by atoms with E-state index in [2.05, 4.69) is 87.0 Å². The third-order valence-electron chi connectivity index (χ3n) is 6.07. The first-order valence-electron chi connectivity index (χ1n) is 9.02. The third-order valence-corrected chi connectivity index (χ3v) is 6.07. The van der Waals surface area contributed by atoms with E-state index in [9.17, 15) is 0 Å². The fourth-order valence-corrected chi connectivity index (χ4v) is 4.31. The van der Waals surface area contributed by atoms with Gasteiger partial charge in [-0.05, 0) is 59.1 Å². The van der Waals surface area contributed by atoms with Crippen molar-refractivity contribution in [3.8, 4) is 0 Å². The molecular weight excluding hydrogens is 292 g/mol. The van der Waals surface area contributed by atoms with Crippen LogP contribution in [0.3, 0.4) is 0 Å². The predicted molar refractivity (Wildman–Crippen MR) is 104 cm³/mol. The van der Waals surface area contributed by atoms with Crippen molar-refractivity contribution < 1.29 is 0 Å². The molecule has 2 aromatic rings. The van der Waals surface area contributed by atoms with Crippen molar-refractivity contribution in [3.05, 3.63) is 53.6 Å². The lowest BCUT2D eigenvalue weighted by molar-refractivity contribution is 0.332. The van der Waals surface area contributed by atoms with Crippen molar-refractivity contribution in [2.24, 2.45) is 0 Å². The van der Waals surface area contributed by atoms with Crippen molar-refractivity contribution in [2.45, 2.75) is 51.4 Å². The average molecular weight is 320 g/mol. The maximum atomic E-state index is 2.47. The normalized spacial score (nSPS) is 20.7. The highest BCUT2D eigenvalue weighted by atomic mass is 15.4. The van der Waals surface area contributed by atoms with Gasteiger partial charge in [0, 0.05) is 12.7 Å². The Morgan fingerprint density at radius 2 is 1.33 bits per heavy atom. The molecular formula is C22H28N2. The summed E-state index contributed by atoms with van der Waals surface area (Å²) >= 11 is 0. The molecule has 0 bridgehead atoms. The summed E-state index contributed by atoms with van der Waals surface area (Å²) in [5.41, 5.74) is 7.59. The van der Waals surface area contributed by atoms with Crippen LogP contribution in [0.2, 0.25) is 0 Å². The molecule has 0 radical (unpaired) electrons. The SMILES string of the molecule is CN1CN(c2ccccc2)c2cc3c(cc21)C(C)(C)CCC3(C)C. The molecule has 2 aromatic carbocycles. The first-order valence-corrected chi connectivity index (χ1v) is 9.02. The van der Waals surface area contributed by atoms with E-state index in [1.54, 1.807) is 5.56 Å². The minimum Gasteiger partial charge on any atom is -0.355 e. The Hall–Kier alpha value is -1.96. The second kappa shape index (κ2) is 5.02. The number of fused-ring (bicyclic) bond motifs is 2. The summed E-state index contributed by atoms with van der Waals surface area (Å²) in [6.45, 7) is 10.5.